The lowest BCUT2D eigenvalue weighted by atomic mass is 10.1. The van der Waals surface area contributed by atoms with Gasteiger partial charge >= 0.3 is 0 Å². The molecule has 1 heterocycles. The standard InChI is InChI=1S/C25H21N3O5/c1-2-33-21-13-11-19(12-14-21)27(25(30)17-7-9-20(10-8-17)28(31)32)16-18-15-24(29)26-23-6-4-3-5-22(18)23/h3-15H,2,16H2,1H3,(H,26,29). The minimum atomic E-state index is -0.513. The number of hydrogen-bond donors (Lipinski definition) is 1. The molecule has 0 aliphatic carbocycles. The zero-order valence-electron chi connectivity index (χ0n) is 17.9. The number of aromatic nitrogens is 1. The van der Waals surface area contributed by atoms with Crippen molar-refractivity contribution in [1.82, 2.24) is 4.98 Å². The minimum absolute atomic E-state index is 0.0974. The summed E-state index contributed by atoms with van der Waals surface area (Å²) in [7, 11) is 0. The largest absolute Gasteiger partial charge is 0.494 e. The number of nitrogens with one attached hydrogen (secondary N) is 1. The highest BCUT2D eigenvalue weighted by molar-refractivity contribution is 6.06. The molecule has 0 fully saturated rings. The Morgan fingerprint density at radius 2 is 1.73 bits per heavy atom. The van der Waals surface area contributed by atoms with Gasteiger partial charge in [-0.05, 0) is 55.0 Å². The van der Waals surface area contributed by atoms with E-state index in [2.05, 4.69) is 4.98 Å². The van der Waals surface area contributed by atoms with Crippen LogP contribution in [0.2, 0.25) is 0 Å². The summed E-state index contributed by atoms with van der Waals surface area (Å²) in [6.07, 6.45) is 0. The van der Waals surface area contributed by atoms with Gasteiger partial charge in [0.1, 0.15) is 5.75 Å². The summed E-state index contributed by atoms with van der Waals surface area (Å²) in [6, 6.07) is 21.4. The van der Waals surface area contributed by atoms with Crippen molar-refractivity contribution in [3.63, 3.8) is 0 Å². The van der Waals surface area contributed by atoms with E-state index in [1.165, 1.54) is 35.2 Å². The van der Waals surface area contributed by atoms with Crippen LogP contribution in [0.1, 0.15) is 22.8 Å². The van der Waals surface area contributed by atoms with Gasteiger partial charge in [-0.25, -0.2) is 0 Å². The Balaban J connectivity index is 1.77. The Bertz CT molecular complexity index is 1360. The first kappa shape index (κ1) is 21.8. The first-order valence-electron chi connectivity index (χ1n) is 10.4. The summed E-state index contributed by atoms with van der Waals surface area (Å²) in [4.78, 5) is 40.6. The monoisotopic (exact) mass is 443 g/mol. The van der Waals surface area contributed by atoms with Gasteiger partial charge in [-0.15, -0.1) is 0 Å². The molecule has 0 aliphatic heterocycles. The maximum atomic E-state index is 13.5. The molecule has 4 rings (SSSR count). The molecular formula is C25H21N3O5. The van der Waals surface area contributed by atoms with Gasteiger partial charge in [0, 0.05) is 40.4 Å². The van der Waals surface area contributed by atoms with Crippen molar-refractivity contribution < 1.29 is 14.5 Å². The predicted molar refractivity (Wildman–Crippen MR) is 126 cm³/mol. The van der Waals surface area contributed by atoms with Crippen LogP contribution >= 0.6 is 0 Å². The van der Waals surface area contributed by atoms with Crippen molar-refractivity contribution in [2.45, 2.75) is 13.5 Å². The van der Waals surface area contributed by atoms with Gasteiger partial charge in [0.2, 0.25) is 5.56 Å². The number of rotatable bonds is 7. The molecule has 0 spiro atoms. The number of nitrogens with zero attached hydrogens (tertiary/aromatic N) is 2. The number of amides is 1. The molecule has 1 aromatic heterocycles. The zero-order valence-corrected chi connectivity index (χ0v) is 17.9. The van der Waals surface area contributed by atoms with Crippen LogP contribution in [-0.2, 0) is 6.54 Å². The molecule has 0 saturated carbocycles. The molecule has 0 aliphatic rings. The number of anilines is 1. The van der Waals surface area contributed by atoms with Crippen molar-refractivity contribution in [2.24, 2.45) is 0 Å². The number of H-pyrrole nitrogens is 1. The van der Waals surface area contributed by atoms with Crippen LogP contribution in [0.15, 0.2) is 83.7 Å². The van der Waals surface area contributed by atoms with Crippen LogP contribution in [0.4, 0.5) is 11.4 Å². The zero-order chi connectivity index (χ0) is 23.4. The summed E-state index contributed by atoms with van der Waals surface area (Å²) in [5, 5.41) is 11.8. The highest BCUT2D eigenvalue weighted by Gasteiger charge is 2.21. The number of para-hydroxylation sites is 1. The number of pyridine rings is 1. The Labute approximate surface area is 189 Å². The number of non-ortho nitro benzene ring substituents is 1. The van der Waals surface area contributed by atoms with Crippen molar-refractivity contribution in [2.75, 3.05) is 11.5 Å². The lowest BCUT2D eigenvalue weighted by Crippen LogP contribution is -2.31. The van der Waals surface area contributed by atoms with E-state index in [1.54, 1.807) is 30.3 Å². The highest BCUT2D eigenvalue weighted by atomic mass is 16.6. The topological polar surface area (TPSA) is 106 Å². The summed E-state index contributed by atoms with van der Waals surface area (Å²) in [5.74, 6) is 0.323. The molecule has 8 heteroatoms. The first-order chi connectivity index (χ1) is 16.0. The number of aromatic amines is 1. The smallest absolute Gasteiger partial charge is 0.269 e. The highest BCUT2D eigenvalue weighted by Crippen LogP contribution is 2.26. The van der Waals surface area contributed by atoms with Crippen molar-refractivity contribution in [3.05, 3.63) is 110 Å². The Kier molecular flexibility index (Phi) is 6.17. The molecular weight excluding hydrogens is 422 g/mol. The van der Waals surface area contributed by atoms with Crippen LogP contribution in [0.25, 0.3) is 10.9 Å². The Morgan fingerprint density at radius 1 is 1.03 bits per heavy atom. The quantitative estimate of drug-likeness (QED) is 0.330. The number of nitro groups is 1. The molecule has 4 aromatic rings. The SMILES string of the molecule is CCOc1ccc(N(Cc2cc(=O)[nH]c3ccccc23)C(=O)c2ccc([N+](=O)[O-])cc2)cc1. The lowest BCUT2D eigenvalue weighted by Gasteiger charge is -2.24. The van der Waals surface area contributed by atoms with Crippen LogP contribution in [0.3, 0.4) is 0 Å². The molecule has 8 nitrogen and oxygen atoms in total. The van der Waals surface area contributed by atoms with E-state index in [1.807, 2.05) is 25.1 Å². The van der Waals surface area contributed by atoms with Gasteiger partial charge in [-0.2, -0.15) is 0 Å². The van der Waals surface area contributed by atoms with Gasteiger partial charge in [0.05, 0.1) is 18.1 Å². The molecule has 1 N–H and O–H groups in total. The van der Waals surface area contributed by atoms with Gasteiger partial charge in [0.15, 0.2) is 0 Å². The van der Waals surface area contributed by atoms with E-state index in [0.29, 0.717) is 34.7 Å². The fraction of sp³-hybridized carbons (Fsp3) is 0.120. The van der Waals surface area contributed by atoms with Gasteiger partial charge in [-0.3, -0.25) is 19.7 Å². The fourth-order valence-corrected chi connectivity index (χ4v) is 3.63. The fourth-order valence-electron chi connectivity index (χ4n) is 3.63. The van der Waals surface area contributed by atoms with E-state index >= 15 is 0 Å². The molecule has 0 atom stereocenters. The van der Waals surface area contributed by atoms with Crippen LogP contribution in [0.5, 0.6) is 5.75 Å². The van der Waals surface area contributed by atoms with E-state index in [0.717, 1.165) is 5.39 Å². The second-order valence-corrected chi connectivity index (χ2v) is 7.33. The van der Waals surface area contributed by atoms with Crippen LogP contribution in [0, 0.1) is 10.1 Å². The second kappa shape index (κ2) is 9.35. The number of fused-ring (bicyclic) bond motifs is 1. The lowest BCUT2D eigenvalue weighted by molar-refractivity contribution is -0.384. The van der Waals surface area contributed by atoms with Gasteiger partial charge in [0.25, 0.3) is 11.6 Å². The molecule has 0 saturated heterocycles. The average molecular weight is 443 g/mol. The van der Waals surface area contributed by atoms with Gasteiger partial charge in [-0.1, -0.05) is 18.2 Å². The second-order valence-electron chi connectivity index (χ2n) is 7.33. The molecule has 1 amide bonds. The molecule has 0 radical (unpaired) electrons. The van der Waals surface area contributed by atoms with Gasteiger partial charge < -0.3 is 14.6 Å². The Hall–Kier alpha value is -4.46. The maximum absolute atomic E-state index is 13.5. The Morgan fingerprint density at radius 3 is 2.39 bits per heavy atom. The molecule has 0 bridgehead atoms. The number of ether oxygens (including phenoxy) is 1. The molecule has 0 unspecified atom stereocenters. The summed E-state index contributed by atoms with van der Waals surface area (Å²) >= 11 is 0. The maximum Gasteiger partial charge on any atom is 0.269 e. The number of carbonyl (C=O) groups excluding carboxylic acids is 1. The summed E-state index contributed by atoms with van der Waals surface area (Å²) in [5.41, 5.74) is 1.89. The first-order valence-corrected chi connectivity index (χ1v) is 10.4. The number of carbonyl (C=O) groups is 1. The number of hydrogen-bond acceptors (Lipinski definition) is 5. The minimum Gasteiger partial charge on any atom is -0.494 e. The van der Waals surface area contributed by atoms with Crippen molar-refractivity contribution >= 4 is 28.2 Å². The third-order valence-electron chi connectivity index (χ3n) is 5.19. The van der Waals surface area contributed by atoms with Crippen LogP contribution < -0.4 is 15.2 Å². The van der Waals surface area contributed by atoms with Crippen LogP contribution in [-0.4, -0.2) is 22.4 Å². The van der Waals surface area contributed by atoms with E-state index in [-0.39, 0.29) is 23.7 Å². The molecule has 166 valence electrons. The number of nitro benzene ring substituents is 1. The predicted octanol–water partition coefficient (Wildman–Crippen LogP) is 4.68. The third kappa shape index (κ3) is 4.74. The van der Waals surface area contributed by atoms with E-state index < -0.39 is 4.92 Å². The molecule has 3 aromatic carbocycles. The third-order valence-corrected chi connectivity index (χ3v) is 5.19. The normalized spacial score (nSPS) is 10.7. The van der Waals surface area contributed by atoms with Crippen molar-refractivity contribution in [3.8, 4) is 5.75 Å². The van der Waals surface area contributed by atoms with Crippen molar-refractivity contribution in [1.29, 1.82) is 0 Å². The summed E-state index contributed by atoms with van der Waals surface area (Å²) in [6.45, 7) is 2.54. The van der Waals surface area contributed by atoms with E-state index in [9.17, 15) is 19.7 Å². The average Bonchev–Trinajstić information content (AvgIpc) is 2.83. The van der Waals surface area contributed by atoms with E-state index in [4.69, 9.17) is 4.74 Å². The number of benzene rings is 3. The summed E-state index contributed by atoms with van der Waals surface area (Å²) < 4.78 is 5.50. The molecule has 33 heavy (non-hydrogen) atoms.